The molecule has 2 aromatic rings. The van der Waals surface area contributed by atoms with Crippen LogP contribution in [0.1, 0.15) is 35.1 Å². The van der Waals surface area contributed by atoms with E-state index >= 15 is 0 Å². The Bertz CT molecular complexity index is 732. The first kappa shape index (κ1) is 12.8. The molecule has 0 spiro atoms. The SMILES string of the molecule is Cc1cc2c(cc1Br)C(=C1CC1)c1cc(Br)c(C)cc1-2. The summed E-state index contributed by atoms with van der Waals surface area (Å²) in [5.74, 6) is 0. The molecular weight excluding hydrogens is 376 g/mol. The fourth-order valence-corrected chi connectivity index (χ4v) is 3.75. The minimum Gasteiger partial charge on any atom is -0.0611 e. The molecule has 0 unspecified atom stereocenters. The van der Waals surface area contributed by atoms with Crippen molar-refractivity contribution in [2.75, 3.05) is 0 Å². The lowest BCUT2D eigenvalue weighted by atomic mass is 10.0. The van der Waals surface area contributed by atoms with Crippen molar-refractivity contribution < 1.29 is 0 Å². The topological polar surface area (TPSA) is 0 Å². The third-order valence-electron chi connectivity index (χ3n) is 4.28. The molecule has 100 valence electrons. The van der Waals surface area contributed by atoms with E-state index in [1.165, 1.54) is 60.7 Å². The second-order valence-electron chi connectivity index (χ2n) is 5.77. The van der Waals surface area contributed by atoms with Gasteiger partial charge in [0.1, 0.15) is 0 Å². The summed E-state index contributed by atoms with van der Waals surface area (Å²) in [5.41, 5.74) is 11.3. The average Bonchev–Trinajstić information content (AvgIpc) is 3.18. The number of allylic oxidation sites excluding steroid dienone is 1. The van der Waals surface area contributed by atoms with Crippen molar-refractivity contribution in [1.29, 1.82) is 0 Å². The van der Waals surface area contributed by atoms with Gasteiger partial charge in [-0.05, 0) is 89.9 Å². The van der Waals surface area contributed by atoms with Gasteiger partial charge in [-0.3, -0.25) is 0 Å². The highest BCUT2D eigenvalue weighted by Crippen LogP contribution is 2.52. The van der Waals surface area contributed by atoms with Crippen LogP contribution in [0.15, 0.2) is 38.8 Å². The maximum Gasteiger partial charge on any atom is 0.0211 e. The first-order valence-electron chi connectivity index (χ1n) is 6.89. The maximum absolute atomic E-state index is 3.69. The van der Waals surface area contributed by atoms with Gasteiger partial charge in [0.15, 0.2) is 0 Å². The van der Waals surface area contributed by atoms with Crippen LogP contribution in [0.5, 0.6) is 0 Å². The van der Waals surface area contributed by atoms with Crippen molar-refractivity contribution in [1.82, 2.24) is 0 Å². The second kappa shape index (κ2) is 4.32. The Morgan fingerprint density at radius 2 is 1.15 bits per heavy atom. The van der Waals surface area contributed by atoms with Crippen LogP contribution >= 0.6 is 31.9 Å². The molecule has 4 rings (SSSR count). The van der Waals surface area contributed by atoms with Gasteiger partial charge in [-0.1, -0.05) is 37.4 Å². The third kappa shape index (κ3) is 1.78. The summed E-state index contributed by atoms with van der Waals surface area (Å²) in [5, 5.41) is 0. The van der Waals surface area contributed by atoms with Crippen molar-refractivity contribution in [3.8, 4) is 11.1 Å². The summed E-state index contributed by atoms with van der Waals surface area (Å²) in [4.78, 5) is 0. The van der Waals surface area contributed by atoms with Gasteiger partial charge in [0.25, 0.3) is 0 Å². The molecule has 0 radical (unpaired) electrons. The smallest absolute Gasteiger partial charge is 0.0211 e. The Kier molecular flexibility index (Phi) is 2.77. The van der Waals surface area contributed by atoms with E-state index in [2.05, 4.69) is 70.0 Å². The van der Waals surface area contributed by atoms with Crippen molar-refractivity contribution in [2.24, 2.45) is 0 Å². The summed E-state index contributed by atoms with van der Waals surface area (Å²) in [6.07, 6.45) is 2.51. The van der Waals surface area contributed by atoms with Gasteiger partial charge in [-0.25, -0.2) is 0 Å². The molecule has 2 aliphatic rings. The minimum atomic E-state index is 1.21. The van der Waals surface area contributed by atoms with Gasteiger partial charge in [-0.2, -0.15) is 0 Å². The van der Waals surface area contributed by atoms with Crippen molar-refractivity contribution in [3.05, 3.63) is 61.0 Å². The number of halogens is 2. The van der Waals surface area contributed by atoms with Crippen LogP contribution in [0.25, 0.3) is 16.7 Å². The number of fused-ring (bicyclic) bond motifs is 3. The van der Waals surface area contributed by atoms with E-state index in [1.807, 2.05) is 0 Å². The molecule has 2 aliphatic carbocycles. The molecule has 1 fully saturated rings. The predicted molar refractivity (Wildman–Crippen MR) is 92.0 cm³/mol. The number of hydrogen-bond acceptors (Lipinski definition) is 0. The molecule has 0 nitrogen and oxygen atoms in total. The van der Waals surface area contributed by atoms with Crippen molar-refractivity contribution in [2.45, 2.75) is 26.7 Å². The molecule has 0 N–H and O–H groups in total. The molecule has 0 aromatic heterocycles. The van der Waals surface area contributed by atoms with Crippen LogP contribution < -0.4 is 0 Å². The summed E-state index contributed by atoms with van der Waals surface area (Å²) < 4.78 is 2.41. The van der Waals surface area contributed by atoms with Gasteiger partial charge in [0, 0.05) is 8.95 Å². The second-order valence-corrected chi connectivity index (χ2v) is 7.48. The van der Waals surface area contributed by atoms with Gasteiger partial charge in [0.2, 0.25) is 0 Å². The fraction of sp³-hybridized carbons (Fsp3) is 0.222. The molecule has 0 aliphatic heterocycles. The predicted octanol–water partition coefficient (Wildman–Crippen LogP) is 6.40. The molecule has 0 heterocycles. The number of hydrogen-bond donors (Lipinski definition) is 0. The van der Waals surface area contributed by atoms with Crippen LogP contribution in [0.4, 0.5) is 0 Å². The highest BCUT2D eigenvalue weighted by molar-refractivity contribution is 9.10. The van der Waals surface area contributed by atoms with Gasteiger partial charge >= 0.3 is 0 Å². The lowest BCUT2D eigenvalue weighted by molar-refractivity contribution is 1.41. The monoisotopic (exact) mass is 388 g/mol. The van der Waals surface area contributed by atoms with E-state index in [9.17, 15) is 0 Å². The first-order chi connectivity index (χ1) is 9.56. The van der Waals surface area contributed by atoms with Crippen molar-refractivity contribution in [3.63, 3.8) is 0 Å². The van der Waals surface area contributed by atoms with Gasteiger partial charge in [-0.15, -0.1) is 0 Å². The highest BCUT2D eigenvalue weighted by Gasteiger charge is 2.30. The summed E-state index contributed by atoms with van der Waals surface area (Å²) >= 11 is 7.38. The Labute approximate surface area is 136 Å². The Morgan fingerprint density at radius 1 is 0.700 bits per heavy atom. The number of rotatable bonds is 0. The minimum absolute atomic E-state index is 1.21. The Hall–Kier alpha value is -0.860. The molecule has 0 amide bonds. The van der Waals surface area contributed by atoms with Gasteiger partial charge in [0.05, 0.1) is 0 Å². The van der Waals surface area contributed by atoms with E-state index in [0.29, 0.717) is 0 Å². The highest BCUT2D eigenvalue weighted by atomic mass is 79.9. The quantitative estimate of drug-likeness (QED) is 0.417. The molecule has 0 bridgehead atoms. The lowest BCUT2D eigenvalue weighted by Crippen LogP contribution is -1.84. The maximum atomic E-state index is 3.69. The summed E-state index contributed by atoms with van der Waals surface area (Å²) in [7, 11) is 0. The normalized spacial score (nSPS) is 15.4. The zero-order chi connectivity index (χ0) is 14.0. The molecule has 2 aromatic carbocycles. The van der Waals surface area contributed by atoms with Gasteiger partial charge < -0.3 is 0 Å². The largest absolute Gasteiger partial charge is 0.0611 e. The van der Waals surface area contributed by atoms with Crippen molar-refractivity contribution >= 4 is 37.4 Å². The molecule has 0 saturated heterocycles. The Balaban J connectivity index is 2.11. The average molecular weight is 390 g/mol. The zero-order valence-electron chi connectivity index (χ0n) is 11.5. The van der Waals surface area contributed by atoms with Crippen LogP contribution in [0.2, 0.25) is 0 Å². The third-order valence-corrected chi connectivity index (χ3v) is 5.99. The van der Waals surface area contributed by atoms with E-state index in [-0.39, 0.29) is 0 Å². The molecule has 1 saturated carbocycles. The molecule has 20 heavy (non-hydrogen) atoms. The van der Waals surface area contributed by atoms with Crippen LogP contribution in [-0.4, -0.2) is 0 Å². The van der Waals surface area contributed by atoms with Crippen LogP contribution in [0.3, 0.4) is 0 Å². The zero-order valence-corrected chi connectivity index (χ0v) is 14.7. The fourth-order valence-electron chi connectivity index (χ4n) is 3.06. The molecular formula is C18H14Br2. The Morgan fingerprint density at radius 3 is 1.55 bits per heavy atom. The summed E-state index contributed by atoms with van der Waals surface area (Å²) in [6, 6.07) is 9.24. The molecule has 2 heteroatoms. The summed E-state index contributed by atoms with van der Waals surface area (Å²) in [6.45, 7) is 4.33. The van der Waals surface area contributed by atoms with Crippen LogP contribution in [0, 0.1) is 13.8 Å². The van der Waals surface area contributed by atoms with E-state index in [1.54, 1.807) is 5.57 Å². The first-order valence-corrected chi connectivity index (χ1v) is 8.48. The van der Waals surface area contributed by atoms with E-state index < -0.39 is 0 Å². The number of benzene rings is 2. The van der Waals surface area contributed by atoms with E-state index in [4.69, 9.17) is 0 Å². The van der Waals surface area contributed by atoms with E-state index in [0.717, 1.165) is 0 Å². The van der Waals surface area contributed by atoms with Crippen LogP contribution in [-0.2, 0) is 0 Å². The lowest BCUT2D eigenvalue weighted by Gasteiger charge is -2.06. The number of aryl methyl sites for hydroxylation is 2. The standard InChI is InChI=1S/C18H14Br2/c1-9-5-12-13-6-10(2)17(20)8-15(13)18(11-3-4-11)14(12)7-16(9)19/h5-8H,3-4H2,1-2H3. The molecule has 0 atom stereocenters.